The van der Waals surface area contributed by atoms with E-state index in [-0.39, 0.29) is 5.78 Å². The lowest BCUT2D eigenvalue weighted by Gasteiger charge is -2.03. The fourth-order valence-corrected chi connectivity index (χ4v) is 2.05. The van der Waals surface area contributed by atoms with Gasteiger partial charge in [0.25, 0.3) is 0 Å². The van der Waals surface area contributed by atoms with Gasteiger partial charge in [0.2, 0.25) is 0 Å². The van der Waals surface area contributed by atoms with Gasteiger partial charge < -0.3 is 9.84 Å². The second-order valence-electron chi connectivity index (χ2n) is 4.58. The van der Waals surface area contributed by atoms with Crippen LogP contribution in [0.1, 0.15) is 15.9 Å². The molecule has 0 aliphatic rings. The molecule has 2 aromatic rings. The largest absolute Gasteiger partial charge is 0.482 e. The lowest BCUT2D eigenvalue weighted by atomic mass is 10.1. The number of benzene rings is 2. The van der Waals surface area contributed by atoms with E-state index in [2.05, 4.69) is 0 Å². The van der Waals surface area contributed by atoms with E-state index in [0.717, 1.165) is 5.56 Å². The van der Waals surface area contributed by atoms with E-state index < -0.39 is 12.6 Å². The zero-order valence-electron chi connectivity index (χ0n) is 11.8. The molecular weight excluding hydrogens is 339 g/mol. The molecule has 0 aromatic heterocycles. The van der Waals surface area contributed by atoms with Crippen LogP contribution in [0.15, 0.2) is 48.5 Å². The fraction of sp³-hybridized carbons (Fsp3) is 0.0588. The topological polar surface area (TPSA) is 63.6 Å². The molecule has 0 amide bonds. The van der Waals surface area contributed by atoms with E-state index in [9.17, 15) is 9.59 Å². The zero-order valence-corrected chi connectivity index (χ0v) is 13.3. The van der Waals surface area contributed by atoms with Crippen LogP contribution in [0.3, 0.4) is 0 Å². The van der Waals surface area contributed by atoms with Crippen molar-refractivity contribution in [1.82, 2.24) is 0 Å². The zero-order chi connectivity index (χ0) is 16.8. The normalized spacial score (nSPS) is 10.7. The van der Waals surface area contributed by atoms with Gasteiger partial charge in [0.15, 0.2) is 12.4 Å². The van der Waals surface area contributed by atoms with E-state index in [0.29, 0.717) is 21.4 Å². The molecule has 0 heterocycles. The molecule has 0 radical (unpaired) electrons. The smallest absolute Gasteiger partial charge is 0.341 e. The standard InChI is InChI=1S/C17H12Cl2O4/c18-14-7-1-11(9-15(14)19)2-8-16(20)12-3-5-13(6-4-12)23-10-17(21)22/h1-9H,10H2,(H,21,22)/b8-2+. The van der Waals surface area contributed by atoms with Crippen LogP contribution in [0.2, 0.25) is 10.0 Å². The van der Waals surface area contributed by atoms with Crippen LogP contribution in [0.5, 0.6) is 5.75 Å². The molecular formula is C17H12Cl2O4. The lowest BCUT2D eigenvalue weighted by Crippen LogP contribution is -2.09. The quantitative estimate of drug-likeness (QED) is 0.621. The molecule has 0 saturated carbocycles. The summed E-state index contributed by atoms with van der Waals surface area (Å²) < 4.78 is 5.00. The van der Waals surface area contributed by atoms with E-state index in [1.165, 1.54) is 6.08 Å². The van der Waals surface area contributed by atoms with Gasteiger partial charge in [-0.2, -0.15) is 0 Å². The molecule has 0 aliphatic carbocycles. The summed E-state index contributed by atoms with van der Waals surface area (Å²) >= 11 is 11.7. The number of carbonyl (C=O) groups is 2. The molecule has 0 bridgehead atoms. The number of allylic oxidation sites excluding steroid dienone is 1. The van der Waals surface area contributed by atoms with Crippen LogP contribution in [-0.4, -0.2) is 23.5 Å². The molecule has 4 nitrogen and oxygen atoms in total. The number of rotatable bonds is 6. The van der Waals surface area contributed by atoms with Crippen LogP contribution < -0.4 is 4.74 Å². The highest BCUT2D eigenvalue weighted by Gasteiger charge is 2.04. The molecule has 0 spiro atoms. The van der Waals surface area contributed by atoms with E-state index >= 15 is 0 Å². The summed E-state index contributed by atoms with van der Waals surface area (Å²) in [6.45, 7) is -0.426. The van der Waals surface area contributed by atoms with Gasteiger partial charge in [0.1, 0.15) is 5.75 Å². The monoisotopic (exact) mass is 350 g/mol. The van der Waals surface area contributed by atoms with Gasteiger partial charge >= 0.3 is 5.97 Å². The number of ketones is 1. The van der Waals surface area contributed by atoms with Crippen LogP contribution in [0.4, 0.5) is 0 Å². The van der Waals surface area contributed by atoms with Gasteiger partial charge in [-0.3, -0.25) is 4.79 Å². The van der Waals surface area contributed by atoms with E-state index in [1.54, 1.807) is 48.5 Å². The van der Waals surface area contributed by atoms with E-state index in [4.69, 9.17) is 33.0 Å². The number of hydrogen-bond acceptors (Lipinski definition) is 3. The first-order chi connectivity index (χ1) is 11.0. The Morgan fingerprint density at radius 1 is 1.04 bits per heavy atom. The number of halogens is 2. The van der Waals surface area contributed by atoms with E-state index in [1.807, 2.05) is 0 Å². The predicted molar refractivity (Wildman–Crippen MR) is 89.4 cm³/mol. The first-order valence-electron chi connectivity index (χ1n) is 6.58. The summed E-state index contributed by atoms with van der Waals surface area (Å²) in [6.07, 6.45) is 3.06. The van der Waals surface area contributed by atoms with Gasteiger partial charge in [0.05, 0.1) is 10.0 Å². The molecule has 6 heteroatoms. The second kappa shape index (κ2) is 7.81. The molecule has 2 rings (SSSR count). The minimum Gasteiger partial charge on any atom is -0.482 e. The maximum absolute atomic E-state index is 12.1. The Kier molecular flexibility index (Phi) is 5.79. The van der Waals surface area contributed by atoms with Gasteiger partial charge in [0, 0.05) is 5.56 Å². The number of carboxylic acid groups (broad SMARTS) is 1. The maximum Gasteiger partial charge on any atom is 0.341 e. The Labute approximate surface area is 142 Å². The molecule has 0 aliphatic heterocycles. The third-order valence-electron chi connectivity index (χ3n) is 2.87. The molecule has 1 N–H and O–H groups in total. The number of aliphatic carboxylic acids is 1. The van der Waals surface area contributed by atoms with Crippen molar-refractivity contribution in [2.75, 3.05) is 6.61 Å². The van der Waals surface area contributed by atoms with Crippen molar-refractivity contribution in [3.8, 4) is 5.75 Å². The third-order valence-corrected chi connectivity index (χ3v) is 3.61. The highest BCUT2D eigenvalue weighted by Crippen LogP contribution is 2.23. The number of carboxylic acids is 1. The summed E-state index contributed by atoms with van der Waals surface area (Å²) in [7, 11) is 0. The fourth-order valence-electron chi connectivity index (χ4n) is 1.74. The van der Waals surface area contributed by atoms with Gasteiger partial charge in [-0.05, 0) is 48.0 Å². The molecule has 0 atom stereocenters. The Morgan fingerprint density at radius 3 is 2.35 bits per heavy atom. The molecule has 2 aromatic carbocycles. The average molecular weight is 351 g/mol. The number of ether oxygens (including phenoxy) is 1. The van der Waals surface area contributed by atoms with Crippen LogP contribution in [0.25, 0.3) is 6.08 Å². The third kappa shape index (κ3) is 5.13. The van der Waals surface area contributed by atoms with Gasteiger partial charge in [-0.1, -0.05) is 35.3 Å². The number of hydrogen-bond donors (Lipinski definition) is 1. The molecule has 0 saturated heterocycles. The van der Waals surface area contributed by atoms with Crippen LogP contribution in [-0.2, 0) is 4.79 Å². The summed E-state index contributed by atoms with van der Waals surface area (Å²) in [5.74, 6) is -0.868. The van der Waals surface area contributed by atoms with Crippen molar-refractivity contribution in [3.63, 3.8) is 0 Å². The lowest BCUT2D eigenvalue weighted by molar-refractivity contribution is -0.139. The Bertz CT molecular complexity index is 752. The Hall–Kier alpha value is -2.30. The minimum atomic E-state index is -1.06. The van der Waals surface area contributed by atoms with Crippen molar-refractivity contribution < 1.29 is 19.4 Å². The summed E-state index contributed by atoms with van der Waals surface area (Å²) in [4.78, 5) is 22.5. The molecule has 23 heavy (non-hydrogen) atoms. The highest BCUT2D eigenvalue weighted by atomic mass is 35.5. The first-order valence-corrected chi connectivity index (χ1v) is 7.33. The Balaban J connectivity index is 2.03. The average Bonchev–Trinajstić information content (AvgIpc) is 2.54. The predicted octanol–water partition coefficient (Wildman–Crippen LogP) is 4.35. The SMILES string of the molecule is O=C(O)COc1ccc(C(=O)/C=C/c2ccc(Cl)c(Cl)c2)cc1. The van der Waals surface area contributed by atoms with Crippen molar-refractivity contribution in [2.45, 2.75) is 0 Å². The van der Waals surface area contributed by atoms with Crippen molar-refractivity contribution >= 4 is 41.0 Å². The van der Waals surface area contributed by atoms with Crippen molar-refractivity contribution in [3.05, 3.63) is 69.7 Å². The van der Waals surface area contributed by atoms with Crippen molar-refractivity contribution in [1.29, 1.82) is 0 Å². The second-order valence-corrected chi connectivity index (χ2v) is 5.39. The number of carbonyl (C=O) groups excluding carboxylic acids is 1. The van der Waals surface area contributed by atoms with Gasteiger partial charge in [-0.25, -0.2) is 4.79 Å². The molecule has 0 unspecified atom stereocenters. The van der Waals surface area contributed by atoms with Crippen molar-refractivity contribution in [2.24, 2.45) is 0 Å². The van der Waals surface area contributed by atoms with Crippen LogP contribution >= 0.6 is 23.2 Å². The summed E-state index contributed by atoms with van der Waals surface area (Å²) in [5, 5.41) is 9.40. The summed E-state index contributed by atoms with van der Waals surface area (Å²) in [6, 6.07) is 11.3. The Morgan fingerprint density at radius 2 is 1.74 bits per heavy atom. The molecule has 118 valence electrons. The highest BCUT2D eigenvalue weighted by molar-refractivity contribution is 6.42. The minimum absolute atomic E-state index is 0.194. The molecule has 0 fully saturated rings. The van der Waals surface area contributed by atoms with Crippen LogP contribution in [0, 0.1) is 0 Å². The summed E-state index contributed by atoms with van der Waals surface area (Å²) in [5.41, 5.74) is 1.22. The maximum atomic E-state index is 12.1. The first kappa shape index (κ1) is 17.1. The van der Waals surface area contributed by atoms with Gasteiger partial charge in [-0.15, -0.1) is 0 Å².